The Labute approximate surface area is 120 Å². The minimum atomic E-state index is 0.0195. The van der Waals surface area contributed by atoms with E-state index in [4.69, 9.17) is 10.5 Å². The molecule has 2 unspecified atom stereocenters. The van der Waals surface area contributed by atoms with Crippen molar-refractivity contribution in [1.82, 2.24) is 0 Å². The summed E-state index contributed by atoms with van der Waals surface area (Å²) in [5.41, 5.74) is 11.5. The average molecular weight is 267 g/mol. The normalized spacial score (nSPS) is 19.4. The lowest BCUT2D eigenvalue weighted by atomic mass is 9.91. The molecule has 0 radical (unpaired) electrons. The molecule has 1 aliphatic heterocycles. The van der Waals surface area contributed by atoms with Gasteiger partial charge in [0.05, 0.1) is 12.7 Å². The molecule has 20 heavy (non-hydrogen) atoms. The number of ether oxygens (including phenoxy) is 1. The molecule has 2 aromatic rings. The molecular formula is C18H21NO. The van der Waals surface area contributed by atoms with E-state index >= 15 is 0 Å². The van der Waals surface area contributed by atoms with Gasteiger partial charge in [0.2, 0.25) is 0 Å². The van der Waals surface area contributed by atoms with Gasteiger partial charge >= 0.3 is 0 Å². The highest BCUT2D eigenvalue weighted by atomic mass is 16.5. The summed E-state index contributed by atoms with van der Waals surface area (Å²) in [5, 5.41) is 0. The van der Waals surface area contributed by atoms with Gasteiger partial charge in [-0.05, 0) is 36.5 Å². The van der Waals surface area contributed by atoms with Crippen molar-refractivity contribution in [3.8, 4) is 0 Å². The monoisotopic (exact) mass is 267 g/mol. The molecule has 2 N–H and O–H groups in total. The van der Waals surface area contributed by atoms with Crippen LogP contribution in [0.3, 0.4) is 0 Å². The lowest BCUT2D eigenvalue weighted by Crippen LogP contribution is -2.21. The minimum absolute atomic E-state index is 0.0195. The van der Waals surface area contributed by atoms with Crippen LogP contribution in [0.4, 0.5) is 0 Å². The molecule has 0 spiro atoms. The zero-order valence-corrected chi connectivity index (χ0v) is 11.9. The first-order valence-electron chi connectivity index (χ1n) is 7.25. The summed E-state index contributed by atoms with van der Waals surface area (Å²) in [5.74, 6) is 0. The first-order valence-corrected chi connectivity index (χ1v) is 7.25. The molecule has 0 aromatic heterocycles. The zero-order chi connectivity index (χ0) is 13.9. The van der Waals surface area contributed by atoms with Gasteiger partial charge < -0.3 is 10.5 Å². The predicted molar refractivity (Wildman–Crippen MR) is 81.6 cm³/mol. The Balaban J connectivity index is 1.79. The maximum Gasteiger partial charge on any atom is 0.0845 e. The molecule has 2 nitrogen and oxygen atoms in total. The minimum Gasteiger partial charge on any atom is -0.373 e. The SMILES string of the molecule is Cc1cccc(C(N)CC2OCCc3ccccc32)c1. The topological polar surface area (TPSA) is 35.2 Å². The third-order valence-corrected chi connectivity index (χ3v) is 4.03. The molecular weight excluding hydrogens is 246 g/mol. The first-order chi connectivity index (χ1) is 9.74. The lowest BCUT2D eigenvalue weighted by Gasteiger charge is -2.28. The van der Waals surface area contributed by atoms with Gasteiger partial charge in [-0.2, -0.15) is 0 Å². The van der Waals surface area contributed by atoms with Crippen molar-refractivity contribution < 1.29 is 4.74 Å². The van der Waals surface area contributed by atoms with E-state index in [2.05, 4.69) is 55.5 Å². The number of hydrogen-bond donors (Lipinski definition) is 1. The highest BCUT2D eigenvalue weighted by Gasteiger charge is 2.23. The van der Waals surface area contributed by atoms with E-state index in [1.54, 1.807) is 0 Å². The summed E-state index contributed by atoms with van der Waals surface area (Å²) < 4.78 is 5.95. The largest absolute Gasteiger partial charge is 0.373 e. The van der Waals surface area contributed by atoms with E-state index in [1.165, 1.54) is 22.3 Å². The molecule has 2 atom stereocenters. The van der Waals surface area contributed by atoms with Crippen LogP contribution >= 0.6 is 0 Å². The number of benzene rings is 2. The number of rotatable bonds is 3. The van der Waals surface area contributed by atoms with E-state index in [0.29, 0.717) is 0 Å². The van der Waals surface area contributed by atoms with Crippen LogP contribution in [0, 0.1) is 6.92 Å². The van der Waals surface area contributed by atoms with Gasteiger partial charge in [-0.1, -0.05) is 54.1 Å². The van der Waals surface area contributed by atoms with Crippen molar-refractivity contribution >= 4 is 0 Å². The van der Waals surface area contributed by atoms with Crippen LogP contribution in [-0.4, -0.2) is 6.61 Å². The summed E-state index contributed by atoms with van der Waals surface area (Å²) in [6.07, 6.45) is 1.96. The zero-order valence-electron chi connectivity index (χ0n) is 11.9. The molecule has 0 fully saturated rings. The van der Waals surface area contributed by atoms with Crippen LogP contribution < -0.4 is 5.73 Å². The van der Waals surface area contributed by atoms with Crippen molar-refractivity contribution in [2.45, 2.75) is 31.9 Å². The molecule has 0 saturated carbocycles. The fraction of sp³-hybridized carbons (Fsp3) is 0.333. The Morgan fingerprint density at radius 2 is 2.05 bits per heavy atom. The second-order valence-corrected chi connectivity index (χ2v) is 5.56. The van der Waals surface area contributed by atoms with Crippen LogP contribution in [0.25, 0.3) is 0 Å². The quantitative estimate of drug-likeness (QED) is 0.920. The number of hydrogen-bond acceptors (Lipinski definition) is 2. The van der Waals surface area contributed by atoms with Crippen molar-refractivity contribution in [3.05, 3.63) is 70.8 Å². The summed E-state index contributed by atoms with van der Waals surface area (Å²) in [4.78, 5) is 0. The fourth-order valence-electron chi connectivity index (χ4n) is 2.94. The smallest absolute Gasteiger partial charge is 0.0845 e. The molecule has 1 heterocycles. The Hall–Kier alpha value is -1.64. The van der Waals surface area contributed by atoms with E-state index in [0.717, 1.165) is 19.4 Å². The standard InChI is InChI=1S/C18H21NO/c1-13-5-4-7-15(11-13)17(19)12-18-16-8-3-2-6-14(16)9-10-20-18/h2-8,11,17-18H,9-10,12,19H2,1H3. The molecule has 2 heteroatoms. The van der Waals surface area contributed by atoms with Gasteiger partial charge in [0.15, 0.2) is 0 Å². The van der Waals surface area contributed by atoms with Gasteiger partial charge in [-0.3, -0.25) is 0 Å². The van der Waals surface area contributed by atoms with E-state index in [-0.39, 0.29) is 12.1 Å². The maximum absolute atomic E-state index is 6.37. The summed E-state index contributed by atoms with van der Waals surface area (Å²) in [6.45, 7) is 2.89. The first kappa shape index (κ1) is 13.3. The van der Waals surface area contributed by atoms with Crippen molar-refractivity contribution in [3.63, 3.8) is 0 Å². The molecule has 0 saturated heterocycles. The Kier molecular flexibility index (Phi) is 3.86. The molecule has 3 rings (SSSR count). The Morgan fingerprint density at radius 3 is 2.90 bits per heavy atom. The van der Waals surface area contributed by atoms with Crippen LogP contribution in [-0.2, 0) is 11.2 Å². The van der Waals surface area contributed by atoms with Crippen molar-refractivity contribution in [2.75, 3.05) is 6.61 Å². The second-order valence-electron chi connectivity index (χ2n) is 5.56. The third-order valence-electron chi connectivity index (χ3n) is 4.03. The Bertz CT molecular complexity index is 593. The van der Waals surface area contributed by atoms with Crippen LogP contribution in [0.15, 0.2) is 48.5 Å². The molecule has 0 aliphatic carbocycles. The van der Waals surface area contributed by atoms with Gasteiger partial charge in [-0.15, -0.1) is 0 Å². The number of aryl methyl sites for hydroxylation is 1. The molecule has 104 valence electrons. The van der Waals surface area contributed by atoms with Gasteiger partial charge in [0.25, 0.3) is 0 Å². The van der Waals surface area contributed by atoms with E-state index < -0.39 is 0 Å². The van der Waals surface area contributed by atoms with Crippen LogP contribution in [0.2, 0.25) is 0 Å². The highest BCUT2D eigenvalue weighted by Crippen LogP contribution is 2.33. The highest BCUT2D eigenvalue weighted by molar-refractivity contribution is 5.32. The van der Waals surface area contributed by atoms with Crippen molar-refractivity contribution in [1.29, 1.82) is 0 Å². The summed E-state index contributed by atoms with van der Waals surface area (Å²) in [6, 6.07) is 17.0. The van der Waals surface area contributed by atoms with Gasteiger partial charge in [0.1, 0.15) is 0 Å². The fourth-order valence-corrected chi connectivity index (χ4v) is 2.94. The lowest BCUT2D eigenvalue weighted by molar-refractivity contribution is 0.0320. The number of fused-ring (bicyclic) bond motifs is 1. The average Bonchev–Trinajstić information content (AvgIpc) is 2.47. The van der Waals surface area contributed by atoms with Crippen LogP contribution in [0.5, 0.6) is 0 Å². The van der Waals surface area contributed by atoms with E-state index in [1.807, 2.05) is 0 Å². The van der Waals surface area contributed by atoms with Crippen LogP contribution in [0.1, 0.15) is 40.8 Å². The maximum atomic E-state index is 6.37. The predicted octanol–water partition coefficient (Wildman–Crippen LogP) is 3.70. The van der Waals surface area contributed by atoms with E-state index in [9.17, 15) is 0 Å². The molecule has 1 aliphatic rings. The number of nitrogens with two attached hydrogens (primary N) is 1. The molecule has 0 amide bonds. The Morgan fingerprint density at radius 1 is 1.20 bits per heavy atom. The summed E-state index contributed by atoms with van der Waals surface area (Å²) >= 11 is 0. The molecule has 2 aromatic carbocycles. The second kappa shape index (κ2) is 5.78. The molecule has 0 bridgehead atoms. The van der Waals surface area contributed by atoms with Crippen molar-refractivity contribution in [2.24, 2.45) is 5.73 Å². The van der Waals surface area contributed by atoms with Gasteiger partial charge in [0, 0.05) is 6.04 Å². The summed E-state index contributed by atoms with van der Waals surface area (Å²) in [7, 11) is 0. The van der Waals surface area contributed by atoms with Gasteiger partial charge in [-0.25, -0.2) is 0 Å². The third kappa shape index (κ3) is 2.77.